The van der Waals surface area contributed by atoms with E-state index in [0.717, 1.165) is 11.1 Å². The predicted octanol–water partition coefficient (Wildman–Crippen LogP) is 5.56. The van der Waals surface area contributed by atoms with Crippen LogP contribution in [0.25, 0.3) is 22.6 Å². The van der Waals surface area contributed by atoms with E-state index in [4.69, 9.17) is 13.9 Å². The van der Waals surface area contributed by atoms with E-state index in [0.29, 0.717) is 22.7 Å². The minimum Gasteiger partial charge on any atom is -0.444 e. The Morgan fingerprint density at radius 3 is 2.58 bits per heavy atom. The van der Waals surface area contributed by atoms with Crippen LogP contribution in [0.4, 0.5) is 10.5 Å². The molecule has 0 saturated carbocycles. The van der Waals surface area contributed by atoms with E-state index in [9.17, 15) is 9.59 Å². The van der Waals surface area contributed by atoms with Gasteiger partial charge in [-0.05, 0) is 42.0 Å². The van der Waals surface area contributed by atoms with Gasteiger partial charge in [0, 0.05) is 12.0 Å². The summed E-state index contributed by atoms with van der Waals surface area (Å²) in [5, 5.41) is 2.60. The van der Waals surface area contributed by atoms with Crippen molar-refractivity contribution < 1.29 is 23.5 Å². The van der Waals surface area contributed by atoms with Gasteiger partial charge in [-0.15, -0.1) is 0 Å². The third-order valence-corrected chi connectivity index (χ3v) is 4.48. The van der Waals surface area contributed by atoms with E-state index in [1.54, 1.807) is 37.3 Å². The number of amides is 1. The number of hydrogen-bond acceptors (Lipinski definition) is 6. The van der Waals surface area contributed by atoms with Gasteiger partial charge in [0.15, 0.2) is 11.3 Å². The molecule has 0 radical (unpaired) electrons. The number of rotatable bonds is 6. The number of carbonyl (C=O) groups excluding carboxylic acids is 2. The maximum absolute atomic E-state index is 12.2. The molecule has 156 valence electrons. The number of fused-ring (bicyclic) bond motifs is 1. The van der Waals surface area contributed by atoms with Crippen LogP contribution in [0, 0.1) is 0 Å². The fraction of sp³-hybridized carbons (Fsp3) is 0.125. The molecule has 0 fully saturated rings. The van der Waals surface area contributed by atoms with Crippen LogP contribution in [-0.2, 0) is 16.1 Å². The molecular formula is C24H20N2O5. The van der Waals surface area contributed by atoms with Gasteiger partial charge in [-0.2, -0.15) is 0 Å². The highest BCUT2D eigenvalue weighted by molar-refractivity contribution is 5.88. The Labute approximate surface area is 178 Å². The molecule has 0 aliphatic heterocycles. The number of oxazole rings is 1. The minimum absolute atomic E-state index is 0.0478. The van der Waals surface area contributed by atoms with Crippen molar-refractivity contribution in [1.29, 1.82) is 0 Å². The van der Waals surface area contributed by atoms with Crippen LogP contribution in [0.5, 0.6) is 5.75 Å². The standard InChI is InChI=1S/C24H20N2O5/c1-2-22(27)30-20-11-7-6-10-18(20)26-24(28)29-15-16-12-13-21-19(14-16)25-23(31-21)17-8-4-3-5-9-17/h3-14H,2,15H2,1H3,(H,26,28). The fourth-order valence-corrected chi connectivity index (χ4v) is 2.92. The molecular weight excluding hydrogens is 396 g/mol. The molecule has 4 aromatic rings. The molecule has 7 nitrogen and oxygen atoms in total. The molecule has 0 spiro atoms. The molecule has 0 aliphatic carbocycles. The summed E-state index contributed by atoms with van der Waals surface area (Å²) in [7, 11) is 0. The molecule has 0 saturated heterocycles. The van der Waals surface area contributed by atoms with E-state index < -0.39 is 12.1 Å². The van der Waals surface area contributed by atoms with E-state index >= 15 is 0 Å². The first-order valence-corrected chi connectivity index (χ1v) is 9.81. The average Bonchev–Trinajstić information content (AvgIpc) is 3.23. The van der Waals surface area contributed by atoms with Crippen LogP contribution in [0.1, 0.15) is 18.9 Å². The SMILES string of the molecule is CCC(=O)Oc1ccccc1NC(=O)OCc1ccc2oc(-c3ccccc3)nc2c1. The Kier molecular flexibility index (Phi) is 5.93. The molecule has 3 aromatic carbocycles. The first-order valence-electron chi connectivity index (χ1n) is 9.81. The number of nitrogens with one attached hydrogen (secondary N) is 1. The third-order valence-electron chi connectivity index (χ3n) is 4.48. The molecule has 1 N–H and O–H groups in total. The summed E-state index contributed by atoms with van der Waals surface area (Å²) in [6, 6.07) is 21.7. The average molecular weight is 416 g/mol. The first kappa shape index (κ1) is 20.2. The van der Waals surface area contributed by atoms with E-state index in [1.807, 2.05) is 42.5 Å². The quantitative estimate of drug-likeness (QED) is 0.327. The van der Waals surface area contributed by atoms with E-state index in [2.05, 4.69) is 10.3 Å². The number of carbonyl (C=O) groups is 2. The number of ether oxygens (including phenoxy) is 2. The second kappa shape index (κ2) is 9.13. The second-order valence-electron chi connectivity index (χ2n) is 6.71. The van der Waals surface area contributed by atoms with Gasteiger partial charge in [0.05, 0.1) is 5.69 Å². The van der Waals surface area contributed by atoms with Gasteiger partial charge in [-0.3, -0.25) is 10.1 Å². The van der Waals surface area contributed by atoms with Crippen molar-refractivity contribution in [3.05, 3.63) is 78.4 Å². The maximum atomic E-state index is 12.2. The van der Waals surface area contributed by atoms with Crippen LogP contribution in [0.2, 0.25) is 0 Å². The van der Waals surface area contributed by atoms with Crippen molar-refractivity contribution in [1.82, 2.24) is 4.98 Å². The van der Waals surface area contributed by atoms with Crippen LogP contribution < -0.4 is 10.1 Å². The van der Waals surface area contributed by atoms with Crippen molar-refractivity contribution >= 4 is 28.8 Å². The molecule has 0 atom stereocenters. The lowest BCUT2D eigenvalue weighted by atomic mass is 10.2. The largest absolute Gasteiger partial charge is 0.444 e. The zero-order chi connectivity index (χ0) is 21.6. The highest BCUT2D eigenvalue weighted by Crippen LogP contribution is 2.26. The van der Waals surface area contributed by atoms with Gasteiger partial charge in [0.25, 0.3) is 0 Å². The van der Waals surface area contributed by atoms with Gasteiger partial charge in [0.2, 0.25) is 5.89 Å². The number of hydrogen-bond donors (Lipinski definition) is 1. The second-order valence-corrected chi connectivity index (χ2v) is 6.71. The molecule has 0 unspecified atom stereocenters. The molecule has 1 aromatic heterocycles. The summed E-state index contributed by atoms with van der Waals surface area (Å²) in [5.74, 6) is 0.409. The predicted molar refractivity (Wildman–Crippen MR) is 116 cm³/mol. The first-order chi connectivity index (χ1) is 15.1. The molecule has 7 heteroatoms. The van der Waals surface area contributed by atoms with Gasteiger partial charge in [-0.1, -0.05) is 43.3 Å². The lowest BCUT2D eigenvalue weighted by Crippen LogP contribution is -2.15. The number of para-hydroxylation sites is 2. The molecule has 1 heterocycles. The van der Waals surface area contributed by atoms with Gasteiger partial charge in [0.1, 0.15) is 12.1 Å². The van der Waals surface area contributed by atoms with Crippen molar-refractivity contribution in [3.63, 3.8) is 0 Å². The van der Waals surface area contributed by atoms with Gasteiger partial charge >= 0.3 is 12.1 Å². The van der Waals surface area contributed by atoms with Crippen LogP contribution >= 0.6 is 0 Å². The summed E-state index contributed by atoms with van der Waals surface area (Å²) < 4.78 is 16.3. The minimum atomic E-state index is -0.662. The normalized spacial score (nSPS) is 10.6. The topological polar surface area (TPSA) is 90.7 Å². The number of aromatic nitrogens is 1. The summed E-state index contributed by atoms with van der Waals surface area (Å²) in [5.41, 5.74) is 3.34. The maximum Gasteiger partial charge on any atom is 0.412 e. The Morgan fingerprint density at radius 1 is 1.00 bits per heavy atom. The van der Waals surface area contributed by atoms with Crippen LogP contribution in [0.3, 0.4) is 0 Å². The van der Waals surface area contributed by atoms with Crippen LogP contribution in [0.15, 0.2) is 77.2 Å². The highest BCUT2D eigenvalue weighted by atomic mass is 16.6. The van der Waals surface area contributed by atoms with Crippen molar-refractivity contribution in [2.24, 2.45) is 0 Å². The zero-order valence-corrected chi connectivity index (χ0v) is 16.8. The highest BCUT2D eigenvalue weighted by Gasteiger charge is 2.12. The Balaban J connectivity index is 1.41. The number of anilines is 1. The number of esters is 1. The summed E-state index contributed by atoms with van der Waals surface area (Å²) in [4.78, 5) is 28.3. The molecule has 4 rings (SSSR count). The van der Waals surface area contributed by atoms with Gasteiger partial charge < -0.3 is 13.9 Å². The summed E-state index contributed by atoms with van der Waals surface area (Å²) >= 11 is 0. The molecule has 1 amide bonds. The molecule has 0 bridgehead atoms. The smallest absolute Gasteiger partial charge is 0.412 e. The monoisotopic (exact) mass is 416 g/mol. The number of nitrogens with zero attached hydrogens (tertiary/aromatic N) is 1. The Bertz CT molecular complexity index is 1220. The third kappa shape index (κ3) is 4.90. The van der Waals surface area contributed by atoms with Crippen LogP contribution in [-0.4, -0.2) is 17.0 Å². The molecule has 0 aliphatic rings. The van der Waals surface area contributed by atoms with Crippen molar-refractivity contribution in [2.45, 2.75) is 20.0 Å². The lowest BCUT2D eigenvalue weighted by molar-refractivity contribution is -0.133. The van der Waals surface area contributed by atoms with Crippen molar-refractivity contribution in [3.8, 4) is 17.2 Å². The zero-order valence-electron chi connectivity index (χ0n) is 16.8. The van der Waals surface area contributed by atoms with Crippen molar-refractivity contribution in [2.75, 3.05) is 5.32 Å². The Hall–Kier alpha value is -4.13. The fourth-order valence-electron chi connectivity index (χ4n) is 2.92. The van der Waals surface area contributed by atoms with E-state index in [-0.39, 0.29) is 18.8 Å². The lowest BCUT2D eigenvalue weighted by Gasteiger charge is -2.11. The Morgan fingerprint density at radius 2 is 1.77 bits per heavy atom. The summed E-state index contributed by atoms with van der Waals surface area (Å²) in [6.45, 7) is 1.74. The number of benzene rings is 3. The molecule has 31 heavy (non-hydrogen) atoms. The van der Waals surface area contributed by atoms with Gasteiger partial charge in [-0.25, -0.2) is 9.78 Å². The van der Waals surface area contributed by atoms with E-state index in [1.165, 1.54) is 0 Å². The summed E-state index contributed by atoms with van der Waals surface area (Å²) in [6.07, 6.45) is -0.430.